The lowest BCUT2D eigenvalue weighted by atomic mass is 10.1. The number of carbonyl (C=O) groups excluding carboxylic acids is 2. The number of amides is 2. The fraction of sp³-hybridized carbons (Fsp3) is 0.333. The van der Waals surface area contributed by atoms with Crippen molar-refractivity contribution in [2.24, 2.45) is 0 Å². The molecule has 0 saturated heterocycles. The van der Waals surface area contributed by atoms with E-state index in [0.717, 1.165) is 17.7 Å². The molecule has 0 aliphatic heterocycles. The summed E-state index contributed by atoms with van der Waals surface area (Å²) in [4.78, 5) is 24.4. The molecule has 0 spiro atoms. The molecule has 0 aliphatic rings. The summed E-state index contributed by atoms with van der Waals surface area (Å²) in [5.74, 6) is -0.298. The number of benzene rings is 2. The average Bonchev–Trinajstić information content (AvgIpc) is 2.61. The highest BCUT2D eigenvalue weighted by molar-refractivity contribution is 5.98. The largest absolute Gasteiger partial charge is 0.376 e. The molecule has 5 heteroatoms. The lowest BCUT2D eigenvalue weighted by Crippen LogP contribution is -2.32. The highest BCUT2D eigenvalue weighted by Gasteiger charge is 2.10. The van der Waals surface area contributed by atoms with Crippen LogP contribution in [0, 0.1) is 13.8 Å². The number of hydrogen-bond donors (Lipinski definition) is 3. The molecule has 138 valence electrons. The molecule has 0 aromatic heterocycles. The predicted molar refractivity (Wildman–Crippen MR) is 107 cm³/mol. The average molecular weight is 353 g/mol. The number of carbonyl (C=O) groups is 2. The summed E-state index contributed by atoms with van der Waals surface area (Å²) in [6.45, 7) is 8.18. The Hall–Kier alpha value is -2.82. The summed E-state index contributed by atoms with van der Waals surface area (Å²) in [6, 6.07) is 13.1. The third-order valence-corrected chi connectivity index (χ3v) is 4.22. The van der Waals surface area contributed by atoms with Crippen LogP contribution in [0.5, 0.6) is 0 Å². The van der Waals surface area contributed by atoms with Gasteiger partial charge in [-0.1, -0.05) is 30.7 Å². The lowest BCUT2D eigenvalue weighted by Gasteiger charge is -2.13. The molecule has 5 nitrogen and oxygen atoms in total. The van der Waals surface area contributed by atoms with Crippen molar-refractivity contribution in [3.8, 4) is 0 Å². The van der Waals surface area contributed by atoms with Crippen molar-refractivity contribution in [1.29, 1.82) is 0 Å². The molecule has 1 atom stereocenters. The summed E-state index contributed by atoms with van der Waals surface area (Å²) in [7, 11) is 0. The monoisotopic (exact) mass is 353 g/mol. The number of nitrogens with one attached hydrogen (secondary N) is 3. The molecule has 2 rings (SSSR count). The van der Waals surface area contributed by atoms with E-state index in [1.807, 2.05) is 39.8 Å². The Morgan fingerprint density at radius 1 is 1.08 bits per heavy atom. The van der Waals surface area contributed by atoms with Crippen LogP contribution in [-0.2, 0) is 4.79 Å². The van der Waals surface area contributed by atoms with Gasteiger partial charge in [0.2, 0.25) is 5.91 Å². The maximum Gasteiger partial charge on any atom is 0.251 e. The lowest BCUT2D eigenvalue weighted by molar-refractivity contribution is -0.114. The van der Waals surface area contributed by atoms with Crippen molar-refractivity contribution in [2.45, 2.75) is 40.2 Å². The Bertz CT molecular complexity index is 787. The Balaban J connectivity index is 1.94. The Kier molecular flexibility index (Phi) is 6.78. The van der Waals surface area contributed by atoms with Crippen LogP contribution in [0.2, 0.25) is 0 Å². The normalized spacial score (nSPS) is 11.5. The smallest absolute Gasteiger partial charge is 0.251 e. The molecular formula is C21H27N3O2. The summed E-state index contributed by atoms with van der Waals surface area (Å²) < 4.78 is 0. The summed E-state index contributed by atoms with van der Waals surface area (Å²) in [6.07, 6.45) is 0.867. The van der Waals surface area contributed by atoms with Gasteiger partial charge in [0.05, 0.1) is 6.54 Å². The summed E-state index contributed by atoms with van der Waals surface area (Å²) in [5.41, 5.74) is 4.36. The SMILES string of the molecule is CCC(C)NC(=O)c1cccc(NC(=O)CNc2ccc(C)cc2C)c1. The van der Waals surface area contributed by atoms with E-state index in [1.165, 1.54) is 5.56 Å². The van der Waals surface area contributed by atoms with Crippen LogP contribution in [0.4, 0.5) is 11.4 Å². The van der Waals surface area contributed by atoms with Gasteiger partial charge in [-0.15, -0.1) is 0 Å². The molecule has 2 aromatic carbocycles. The van der Waals surface area contributed by atoms with Crippen molar-refractivity contribution in [3.63, 3.8) is 0 Å². The molecule has 0 saturated carbocycles. The van der Waals surface area contributed by atoms with E-state index in [-0.39, 0.29) is 24.4 Å². The van der Waals surface area contributed by atoms with E-state index in [0.29, 0.717) is 11.3 Å². The minimum atomic E-state index is -0.163. The minimum absolute atomic E-state index is 0.114. The van der Waals surface area contributed by atoms with Crippen LogP contribution < -0.4 is 16.0 Å². The van der Waals surface area contributed by atoms with Gasteiger partial charge in [0.1, 0.15) is 0 Å². The number of hydrogen-bond acceptors (Lipinski definition) is 3. The van der Waals surface area contributed by atoms with Gasteiger partial charge in [-0.3, -0.25) is 9.59 Å². The zero-order valence-electron chi connectivity index (χ0n) is 15.8. The molecule has 0 radical (unpaired) electrons. The van der Waals surface area contributed by atoms with Gasteiger partial charge in [0, 0.05) is 23.0 Å². The molecule has 0 aliphatic carbocycles. The third kappa shape index (κ3) is 5.62. The fourth-order valence-electron chi connectivity index (χ4n) is 2.54. The van der Waals surface area contributed by atoms with Crippen molar-refractivity contribution < 1.29 is 9.59 Å². The van der Waals surface area contributed by atoms with E-state index in [2.05, 4.69) is 22.0 Å². The predicted octanol–water partition coefficient (Wildman–Crippen LogP) is 3.88. The van der Waals surface area contributed by atoms with Gasteiger partial charge in [0.25, 0.3) is 5.91 Å². The number of aryl methyl sites for hydroxylation is 2. The zero-order valence-corrected chi connectivity index (χ0v) is 15.8. The quantitative estimate of drug-likeness (QED) is 0.707. The van der Waals surface area contributed by atoms with Crippen molar-refractivity contribution in [3.05, 3.63) is 59.2 Å². The Morgan fingerprint density at radius 2 is 1.85 bits per heavy atom. The molecule has 2 aromatic rings. The van der Waals surface area contributed by atoms with Crippen LogP contribution in [0.1, 0.15) is 41.8 Å². The highest BCUT2D eigenvalue weighted by atomic mass is 16.2. The molecule has 2 amide bonds. The van der Waals surface area contributed by atoms with E-state index in [9.17, 15) is 9.59 Å². The second-order valence-corrected chi connectivity index (χ2v) is 6.58. The maximum atomic E-state index is 12.2. The van der Waals surface area contributed by atoms with Crippen LogP contribution in [0.3, 0.4) is 0 Å². The van der Waals surface area contributed by atoms with E-state index >= 15 is 0 Å². The first-order chi connectivity index (χ1) is 12.4. The van der Waals surface area contributed by atoms with E-state index < -0.39 is 0 Å². The second kappa shape index (κ2) is 9.04. The fourth-order valence-corrected chi connectivity index (χ4v) is 2.54. The van der Waals surface area contributed by atoms with Crippen LogP contribution >= 0.6 is 0 Å². The molecule has 0 heterocycles. The van der Waals surface area contributed by atoms with Gasteiger partial charge < -0.3 is 16.0 Å². The Morgan fingerprint density at radius 3 is 2.54 bits per heavy atom. The van der Waals surface area contributed by atoms with Gasteiger partial charge >= 0.3 is 0 Å². The first kappa shape index (κ1) is 19.5. The third-order valence-electron chi connectivity index (χ3n) is 4.22. The minimum Gasteiger partial charge on any atom is -0.376 e. The molecule has 0 bridgehead atoms. The molecule has 26 heavy (non-hydrogen) atoms. The van der Waals surface area contributed by atoms with Crippen molar-refractivity contribution in [2.75, 3.05) is 17.2 Å². The van der Waals surface area contributed by atoms with Gasteiger partial charge in [-0.05, 0) is 57.0 Å². The summed E-state index contributed by atoms with van der Waals surface area (Å²) >= 11 is 0. The molecule has 3 N–H and O–H groups in total. The standard InChI is InChI=1S/C21H27N3O2/c1-5-16(4)23-21(26)17-7-6-8-18(12-17)24-20(25)13-22-19-10-9-14(2)11-15(19)3/h6-12,16,22H,5,13H2,1-4H3,(H,23,26)(H,24,25). The Labute approximate surface area is 155 Å². The maximum absolute atomic E-state index is 12.2. The van der Waals surface area contributed by atoms with Crippen LogP contribution in [-0.4, -0.2) is 24.4 Å². The highest BCUT2D eigenvalue weighted by Crippen LogP contribution is 2.16. The van der Waals surface area contributed by atoms with Gasteiger partial charge in [0.15, 0.2) is 0 Å². The van der Waals surface area contributed by atoms with Crippen molar-refractivity contribution in [1.82, 2.24) is 5.32 Å². The number of rotatable bonds is 7. The zero-order chi connectivity index (χ0) is 19.1. The second-order valence-electron chi connectivity index (χ2n) is 6.58. The van der Waals surface area contributed by atoms with Crippen molar-refractivity contribution >= 4 is 23.2 Å². The van der Waals surface area contributed by atoms with Crippen LogP contribution in [0.15, 0.2) is 42.5 Å². The van der Waals surface area contributed by atoms with E-state index in [1.54, 1.807) is 24.3 Å². The van der Waals surface area contributed by atoms with Gasteiger partial charge in [-0.2, -0.15) is 0 Å². The first-order valence-corrected chi connectivity index (χ1v) is 8.91. The topological polar surface area (TPSA) is 70.2 Å². The van der Waals surface area contributed by atoms with Gasteiger partial charge in [-0.25, -0.2) is 0 Å². The summed E-state index contributed by atoms with van der Waals surface area (Å²) in [5, 5.41) is 8.88. The molecule has 0 fully saturated rings. The number of anilines is 2. The molecule has 1 unspecified atom stereocenters. The molecular weight excluding hydrogens is 326 g/mol. The van der Waals surface area contributed by atoms with E-state index in [4.69, 9.17) is 0 Å². The van der Waals surface area contributed by atoms with Crippen LogP contribution in [0.25, 0.3) is 0 Å². The first-order valence-electron chi connectivity index (χ1n) is 8.91.